The Morgan fingerprint density at radius 2 is 2.15 bits per heavy atom. The third-order valence-corrected chi connectivity index (χ3v) is 4.80. The fourth-order valence-corrected chi connectivity index (χ4v) is 3.33. The van der Waals surface area contributed by atoms with E-state index in [1.165, 1.54) is 12.4 Å². The van der Waals surface area contributed by atoms with E-state index in [1.54, 1.807) is 4.90 Å². The molecule has 0 atom stereocenters. The summed E-state index contributed by atoms with van der Waals surface area (Å²) in [6.07, 6.45) is 2.80. The van der Waals surface area contributed by atoms with Gasteiger partial charge >= 0.3 is 0 Å². The van der Waals surface area contributed by atoms with E-state index in [1.807, 2.05) is 36.4 Å². The molecule has 0 unspecified atom stereocenters. The van der Waals surface area contributed by atoms with Crippen molar-refractivity contribution in [3.8, 4) is 5.75 Å². The van der Waals surface area contributed by atoms with Crippen LogP contribution in [0.15, 0.2) is 55.4 Å². The predicted octanol–water partition coefficient (Wildman–Crippen LogP) is 3.81. The lowest BCUT2D eigenvalue weighted by Crippen LogP contribution is -2.36. The van der Waals surface area contributed by atoms with E-state index >= 15 is 0 Å². The Bertz CT molecular complexity index is 1040. The zero-order valence-corrected chi connectivity index (χ0v) is 15.2. The molecule has 27 heavy (non-hydrogen) atoms. The number of anilines is 2. The van der Waals surface area contributed by atoms with Crippen LogP contribution in [0.2, 0.25) is 5.02 Å². The number of nitrogens with one attached hydrogen (secondary N) is 1. The van der Waals surface area contributed by atoms with Crippen molar-refractivity contribution in [3.05, 3.63) is 66.0 Å². The van der Waals surface area contributed by atoms with Crippen molar-refractivity contribution in [2.75, 3.05) is 23.4 Å². The van der Waals surface area contributed by atoms with Crippen LogP contribution >= 0.6 is 11.6 Å². The number of halogens is 1. The molecule has 3 aromatic rings. The second kappa shape index (κ2) is 7.25. The van der Waals surface area contributed by atoms with Gasteiger partial charge in [-0.2, -0.15) is 0 Å². The van der Waals surface area contributed by atoms with Crippen LogP contribution in [0.25, 0.3) is 10.9 Å². The fraction of sp³-hybridized carbons (Fsp3) is 0.150. The minimum Gasteiger partial charge on any atom is -0.489 e. The molecule has 0 radical (unpaired) electrons. The highest BCUT2D eigenvalue weighted by molar-refractivity contribution is 6.31. The van der Waals surface area contributed by atoms with Crippen LogP contribution < -0.4 is 15.0 Å². The molecule has 2 heterocycles. The first-order valence-electron chi connectivity index (χ1n) is 8.51. The lowest BCUT2D eigenvalue weighted by atomic mass is 10.1. The second-order valence-corrected chi connectivity index (χ2v) is 6.42. The molecule has 136 valence electrons. The molecule has 1 amide bonds. The smallest absolute Gasteiger partial charge is 0.250 e. The number of hydrogen-bond acceptors (Lipinski definition) is 5. The first kappa shape index (κ1) is 17.3. The van der Waals surface area contributed by atoms with E-state index in [-0.39, 0.29) is 5.91 Å². The molecule has 6 nitrogen and oxygen atoms in total. The third kappa shape index (κ3) is 3.19. The molecular weight excluding hydrogens is 364 g/mol. The van der Waals surface area contributed by atoms with Crippen molar-refractivity contribution in [2.45, 2.75) is 6.54 Å². The topological polar surface area (TPSA) is 67.4 Å². The molecule has 1 aromatic heterocycles. The summed E-state index contributed by atoms with van der Waals surface area (Å²) in [4.78, 5) is 22.6. The standard InChI is InChI=1S/C20H17ClN4O2/c1-2-17(26)25-9-10-27-19-16(25)8-7-15-18(19)20(24-12-23-15)22-11-13-5-3-4-6-14(13)21/h2-8,12H,1,9-11H2,(H,22,23,24). The Kier molecular flexibility index (Phi) is 4.64. The van der Waals surface area contributed by atoms with Crippen LogP contribution in [0.3, 0.4) is 0 Å². The van der Waals surface area contributed by atoms with Gasteiger partial charge in [0.15, 0.2) is 5.75 Å². The summed E-state index contributed by atoms with van der Waals surface area (Å²) in [6, 6.07) is 11.3. The maximum atomic E-state index is 12.2. The largest absolute Gasteiger partial charge is 0.489 e. The van der Waals surface area contributed by atoms with Gasteiger partial charge in [0, 0.05) is 11.6 Å². The SMILES string of the molecule is C=CC(=O)N1CCOc2c1ccc1ncnc(NCc3ccccc3Cl)c21. The van der Waals surface area contributed by atoms with E-state index in [9.17, 15) is 4.79 Å². The first-order chi connectivity index (χ1) is 13.2. The molecule has 0 fully saturated rings. The maximum absolute atomic E-state index is 12.2. The minimum atomic E-state index is -0.165. The number of benzene rings is 2. The van der Waals surface area contributed by atoms with Crippen LogP contribution in [-0.2, 0) is 11.3 Å². The number of nitrogens with zero attached hydrogens (tertiary/aromatic N) is 3. The molecule has 0 aliphatic carbocycles. The van der Waals surface area contributed by atoms with Crippen LogP contribution in [0.1, 0.15) is 5.56 Å². The highest BCUT2D eigenvalue weighted by Gasteiger charge is 2.25. The average Bonchev–Trinajstić information content (AvgIpc) is 2.71. The Balaban J connectivity index is 1.77. The molecule has 0 bridgehead atoms. The van der Waals surface area contributed by atoms with Gasteiger partial charge in [-0.05, 0) is 29.8 Å². The molecule has 0 saturated carbocycles. The number of ether oxygens (including phenoxy) is 1. The van der Waals surface area contributed by atoms with Gasteiger partial charge in [0.2, 0.25) is 0 Å². The van der Waals surface area contributed by atoms with Crippen molar-refractivity contribution < 1.29 is 9.53 Å². The molecule has 4 rings (SSSR count). The summed E-state index contributed by atoms with van der Waals surface area (Å²) in [5.74, 6) is 1.06. The second-order valence-electron chi connectivity index (χ2n) is 6.02. The monoisotopic (exact) mass is 380 g/mol. The third-order valence-electron chi connectivity index (χ3n) is 4.43. The molecule has 0 spiro atoms. The Morgan fingerprint density at radius 3 is 2.96 bits per heavy atom. The van der Waals surface area contributed by atoms with Crippen molar-refractivity contribution in [2.24, 2.45) is 0 Å². The van der Waals surface area contributed by atoms with E-state index in [0.717, 1.165) is 16.5 Å². The lowest BCUT2D eigenvalue weighted by Gasteiger charge is -2.29. The van der Waals surface area contributed by atoms with Crippen LogP contribution in [0, 0.1) is 0 Å². The van der Waals surface area contributed by atoms with Gasteiger partial charge in [-0.25, -0.2) is 9.97 Å². The molecule has 7 heteroatoms. The Hall–Kier alpha value is -3.12. The Labute approximate surface area is 161 Å². The zero-order chi connectivity index (χ0) is 18.8. The first-order valence-corrected chi connectivity index (χ1v) is 8.88. The number of fused-ring (bicyclic) bond motifs is 3. The fourth-order valence-electron chi connectivity index (χ4n) is 3.12. The van der Waals surface area contributed by atoms with Crippen molar-refractivity contribution in [1.82, 2.24) is 9.97 Å². The van der Waals surface area contributed by atoms with Gasteiger partial charge < -0.3 is 15.0 Å². The summed E-state index contributed by atoms with van der Waals surface area (Å²) in [5.41, 5.74) is 2.38. The van der Waals surface area contributed by atoms with Crippen molar-refractivity contribution in [1.29, 1.82) is 0 Å². The molecule has 1 aliphatic rings. The quantitative estimate of drug-likeness (QED) is 0.697. The van der Waals surface area contributed by atoms with Gasteiger partial charge in [-0.15, -0.1) is 0 Å². The molecule has 1 N–H and O–H groups in total. The van der Waals surface area contributed by atoms with Crippen molar-refractivity contribution in [3.63, 3.8) is 0 Å². The molecular formula is C20H17ClN4O2. The Morgan fingerprint density at radius 1 is 1.30 bits per heavy atom. The normalized spacial score (nSPS) is 13.0. The number of amides is 1. The molecule has 0 saturated heterocycles. The van der Waals surface area contributed by atoms with E-state index in [4.69, 9.17) is 16.3 Å². The van der Waals surface area contributed by atoms with Crippen LogP contribution in [0.4, 0.5) is 11.5 Å². The van der Waals surface area contributed by atoms with E-state index < -0.39 is 0 Å². The van der Waals surface area contributed by atoms with Gasteiger partial charge in [0.25, 0.3) is 5.91 Å². The van der Waals surface area contributed by atoms with Crippen LogP contribution in [0.5, 0.6) is 5.75 Å². The molecule has 2 aromatic carbocycles. The maximum Gasteiger partial charge on any atom is 0.250 e. The van der Waals surface area contributed by atoms with E-state index in [0.29, 0.717) is 42.0 Å². The van der Waals surface area contributed by atoms with E-state index in [2.05, 4.69) is 21.9 Å². The minimum absolute atomic E-state index is 0.165. The number of rotatable bonds is 4. The lowest BCUT2D eigenvalue weighted by molar-refractivity contribution is -0.114. The predicted molar refractivity (Wildman–Crippen MR) is 106 cm³/mol. The number of aromatic nitrogens is 2. The van der Waals surface area contributed by atoms with Crippen LogP contribution in [-0.4, -0.2) is 29.0 Å². The highest BCUT2D eigenvalue weighted by atomic mass is 35.5. The average molecular weight is 381 g/mol. The summed E-state index contributed by atoms with van der Waals surface area (Å²) in [5, 5.41) is 4.74. The van der Waals surface area contributed by atoms with Gasteiger partial charge in [0.1, 0.15) is 18.8 Å². The summed E-state index contributed by atoms with van der Waals surface area (Å²) in [6.45, 7) is 4.95. The summed E-state index contributed by atoms with van der Waals surface area (Å²) >= 11 is 6.24. The molecule has 1 aliphatic heterocycles. The van der Waals surface area contributed by atoms with Gasteiger partial charge in [-0.3, -0.25) is 4.79 Å². The summed E-state index contributed by atoms with van der Waals surface area (Å²) in [7, 11) is 0. The summed E-state index contributed by atoms with van der Waals surface area (Å²) < 4.78 is 5.90. The number of carbonyl (C=O) groups excluding carboxylic acids is 1. The van der Waals surface area contributed by atoms with Gasteiger partial charge in [0.05, 0.1) is 23.1 Å². The van der Waals surface area contributed by atoms with Gasteiger partial charge in [-0.1, -0.05) is 36.4 Å². The number of carbonyl (C=O) groups is 1. The highest BCUT2D eigenvalue weighted by Crippen LogP contribution is 2.40. The van der Waals surface area contributed by atoms with Crippen molar-refractivity contribution >= 4 is 39.9 Å². The number of hydrogen-bond donors (Lipinski definition) is 1. The zero-order valence-electron chi connectivity index (χ0n) is 14.5.